The van der Waals surface area contributed by atoms with E-state index in [9.17, 15) is 0 Å². The summed E-state index contributed by atoms with van der Waals surface area (Å²) in [5, 5.41) is 2.20. The lowest BCUT2D eigenvalue weighted by Crippen LogP contribution is -2.44. The molecule has 0 aromatic carbocycles. The zero-order valence-corrected chi connectivity index (χ0v) is 9.97. The molecule has 1 unspecified atom stereocenters. The molecule has 0 bridgehead atoms. The van der Waals surface area contributed by atoms with Crippen molar-refractivity contribution in [2.24, 2.45) is 0 Å². The molecule has 1 aromatic heterocycles. The Hall–Kier alpha value is -0.380. The van der Waals surface area contributed by atoms with Crippen LogP contribution < -0.4 is 0 Å². The number of hydrogen-bond donors (Lipinski definition) is 0. The maximum Gasteiger partial charge on any atom is 0.0569 e. The van der Waals surface area contributed by atoms with Gasteiger partial charge in [0.1, 0.15) is 0 Å². The van der Waals surface area contributed by atoms with Gasteiger partial charge in [0, 0.05) is 24.5 Å². The van der Waals surface area contributed by atoms with Crippen molar-refractivity contribution in [2.75, 3.05) is 33.7 Å². The van der Waals surface area contributed by atoms with Crippen molar-refractivity contribution in [3.05, 3.63) is 21.9 Å². The van der Waals surface area contributed by atoms with Crippen molar-refractivity contribution >= 4 is 11.3 Å². The quantitative estimate of drug-likeness (QED) is 0.699. The van der Waals surface area contributed by atoms with Crippen molar-refractivity contribution in [1.82, 2.24) is 9.80 Å². The van der Waals surface area contributed by atoms with Crippen molar-refractivity contribution in [3.8, 4) is 0 Å². The fourth-order valence-electron chi connectivity index (χ4n) is 2.02. The normalized spacial score (nSPS) is 25.5. The lowest BCUT2D eigenvalue weighted by atomic mass is 10.1. The summed E-state index contributed by atoms with van der Waals surface area (Å²) in [4.78, 5) is 6.43. The van der Waals surface area contributed by atoms with Gasteiger partial charge in [-0.3, -0.25) is 4.90 Å². The van der Waals surface area contributed by atoms with E-state index < -0.39 is 0 Å². The maximum absolute atomic E-state index is 2.47. The average molecular weight is 210 g/mol. The number of aryl methyl sites for hydroxylation is 1. The minimum absolute atomic E-state index is 0.605. The lowest BCUT2D eigenvalue weighted by Gasteiger charge is -2.37. The molecule has 1 aliphatic rings. The van der Waals surface area contributed by atoms with Crippen LogP contribution >= 0.6 is 11.3 Å². The molecule has 1 atom stereocenters. The van der Waals surface area contributed by atoms with Crippen LogP contribution in [0.15, 0.2) is 11.4 Å². The molecule has 0 amide bonds. The summed E-state index contributed by atoms with van der Waals surface area (Å²) in [5.74, 6) is 0. The van der Waals surface area contributed by atoms with Crippen molar-refractivity contribution < 1.29 is 0 Å². The van der Waals surface area contributed by atoms with E-state index in [0.29, 0.717) is 6.04 Å². The first-order chi connectivity index (χ1) is 6.68. The molecule has 0 spiro atoms. The van der Waals surface area contributed by atoms with E-state index in [2.05, 4.69) is 42.3 Å². The van der Waals surface area contributed by atoms with Crippen LogP contribution in [0.25, 0.3) is 0 Å². The maximum atomic E-state index is 2.47. The molecule has 1 saturated heterocycles. The second kappa shape index (κ2) is 4.01. The van der Waals surface area contributed by atoms with Gasteiger partial charge in [-0.15, -0.1) is 11.3 Å². The summed E-state index contributed by atoms with van der Waals surface area (Å²) in [5.41, 5.74) is 1.45. The third-order valence-corrected chi connectivity index (χ3v) is 4.18. The summed E-state index contributed by atoms with van der Waals surface area (Å²) < 4.78 is 0. The molecule has 1 fully saturated rings. The number of rotatable bonds is 1. The zero-order valence-electron chi connectivity index (χ0n) is 9.16. The van der Waals surface area contributed by atoms with E-state index >= 15 is 0 Å². The molecule has 0 aliphatic carbocycles. The van der Waals surface area contributed by atoms with Crippen molar-refractivity contribution in [1.29, 1.82) is 0 Å². The van der Waals surface area contributed by atoms with Crippen molar-refractivity contribution in [2.45, 2.75) is 13.0 Å². The summed E-state index contributed by atoms with van der Waals surface area (Å²) in [6.45, 7) is 5.75. The number of likely N-dealkylation sites (N-methyl/N-ethyl adjacent to an activating group) is 2. The Morgan fingerprint density at radius 3 is 2.79 bits per heavy atom. The fourth-order valence-corrected chi connectivity index (χ4v) is 3.10. The predicted octanol–water partition coefficient (Wildman–Crippen LogP) is 1.97. The van der Waals surface area contributed by atoms with Crippen LogP contribution in [0.2, 0.25) is 0 Å². The molecule has 0 radical (unpaired) electrons. The van der Waals surface area contributed by atoms with Crippen molar-refractivity contribution in [3.63, 3.8) is 0 Å². The first-order valence-electron chi connectivity index (χ1n) is 5.11. The summed E-state index contributed by atoms with van der Waals surface area (Å²) in [7, 11) is 4.44. The summed E-state index contributed by atoms with van der Waals surface area (Å²) >= 11 is 1.89. The molecular formula is C11H18N2S. The SMILES string of the molecule is Cc1ccsc1C1CN(C)CCN1C. The molecule has 2 heterocycles. The van der Waals surface area contributed by atoms with Gasteiger partial charge in [0.05, 0.1) is 6.04 Å². The highest BCUT2D eigenvalue weighted by atomic mass is 32.1. The van der Waals surface area contributed by atoms with Gasteiger partial charge in [-0.25, -0.2) is 0 Å². The highest BCUT2D eigenvalue weighted by Crippen LogP contribution is 2.30. The van der Waals surface area contributed by atoms with E-state index in [1.807, 2.05) is 11.3 Å². The highest BCUT2D eigenvalue weighted by Gasteiger charge is 2.25. The fraction of sp³-hybridized carbons (Fsp3) is 0.636. The van der Waals surface area contributed by atoms with Crippen LogP contribution in [0, 0.1) is 6.92 Å². The third kappa shape index (κ3) is 1.85. The number of piperazine rings is 1. The zero-order chi connectivity index (χ0) is 10.1. The number of hydrogen-bond acceptors (Lipinski definition) is 3. The lowest BCUT2D eigenvalue weighted by molar-refractivity contribution is 0.117. The molecule has 1 aliphatic heterocycles. The molecule has 0 N–H and O–H groups in total. The van der Waals surface area contributed by atoms with Gasteiger partial charge in [-0.1, -0.05) is 0 Å². The minimum atomic E-state index is 0.605. The van der Waals surface area contributed by atoms with Gasteiger partial charge in [0.15, 0.2) is 0 Å². The molecule has 2 rings (SSSR count). The molecule has 3 heteroatoms. The Kier molecular flexibility index (Phi) is 2.91. The van der Waals surface area contributed by atoms with E-state index in [4.69, 9.17) is 0 Å². The largest absolute Gasteiger partial charge is 0.303 e. The Balaban J connectivity index is 2.20. The second-order valence-electron chi connectivity index (χ2n) is 4.23. The molecule has 2 nitrogen and oxygen atoms in total. The second-order valence-corrected chi connectivity index (χ2v) is 5.17. The van der Waals surface area contributed by atoms with Gasteiger partial charge in [-0.2, -0.15) is 0 Å². The Morgan fingerprint density at radius 1 is 1.36 bits per heavy atom. The topological polar surface area (TPSA) is 6.48 Å². The predicted molar refractivity (Wildman–Crippen MR) is 61.9 cm³/mol. The molecule has 78 valence electrons. The van der Waals surface area contributed by atoms with Crippen LogP contribution in [0.3, 0.4) is 0 Å². The molecule has 1 aromatic rings. The van der Waals surface area contributed by atoms with Crippen LogP contribution in [0.5, 0.6) is 0 Å². The molecule has 0 saturated carbocycles. The van der Waals surface area contributed by atoms with Gasteiger partial charge < -0.3 is 4.90 Å². The van der Waals surface area contributed by atoms with Crippen LogP contribution in [0.1, 0.15) is 16.5 Å². The standard InChI is InChI=1S/C11H18N2S/c1-9-4-7-14-11(9)10-8-12(2)5-6-13(10)3/h4,7,10H,5-6,8H2,1-3H3. The molecule has 14 heavy (non-hydrogen) atoms. The van der Waals surface area contributed by atoms with Gasteiger partial charge in [0.25, 0.3) is 0 Å². The Morgan fingerprint density at radius 2 is 2.14 bits per heavy atom. The smallest absolute Gasteiger partial charge is 0.0569 e. The molecular weight excluding hydrogens is 192 g/mol. The minimum Gasteiger partial charge on any atom is -0.303 e. The van der Waals surface area contributed by atoms with E-state index in [0.717, 1.165) is 6.54 Å². The summed E-state index contributed by atoms with van der Waals surface area (Å²) in [6.07, 6.45) is 0. The third-order valence-electron chi connectivity index (χ3n) is 3.06. The van der Waals surface area contributed by atoms with Gasteiger partial charge >= 0.3 is 0 Å². The van der Waals surface area contributed by atoms with Crippen LogP contribution in [-0.4, -0.2) is 43.5 Å². The number of thiophene rings is 1. The Labute approximate surface area is 90.1 Å². The van der Waals surface area contributed by atoms with E-state index in [1.54, 1.807) is 4.88 Å². The van der Waals surface area contributed by atoms with Crippen LogP contribution in [0.4, 0.5) is 0 Å². The van der Waals surface area contributed by atoms with Gasteiger partial charge in [-0.05, 0) is 38.0 Å². The first kappa shape index (κ1) is 10.1. The highest BCUT2D eigenvalue weighted by molar-refractivity contribution is 7.10. The first-order valence-corrected chi connectivity index (χ1v) is 5.99. The average Bonchev–Trinajstić information content (AvgIpc) is 2.56. The van der Waals surface area contributed by atoms with E-state index in [1.165, 1.54) is 18.7 Å². The Bertz CT molecular complexity index is 308. The van der Waals surface area contributed by atoms with Gasteiger partial charge in [0.2, 0.25) is 0 Å². The van der Waals surface area contributed by atoms with E-state index in [-0.39, 0.29) is 0 Å². The summed E-state index contributed by atoms with van der Waals surface area (Å²) in [6, 6.07) is 2.83. The monoisotopic (exact) mass is 210 g/mol. The number of nitrogens with zero attached hydrogens (tertiary/aromatic N) is 2. The van der Waals surface area contributed by atoms with Crippen LogP contribution in [-0.2, 0) is 0 Å².